The molecule has 0 amide bonds. The van der Waals surface area contributed by atoms with Gasteiger partial charge in [0.2, 0.25) is 0 Å². The molecule has 0 radical (unpaired) electrons. The van der Waals surface area contributed by atoms with E-state index < -0.39 is 24.7 Å². The Morgan fingerprint density at radius 2 is 1.42 bits per heavy atom. The molecule has 0 aromatic carbocycles. The van der Waals surface area contributed by atoms with Gasteiger partial charge in [-0.3, -0.25) is 0 Å². The van der Waals surface area contributed by atoms with E-state index in [4.69, 9.17) is 9.22 Å². The van der Waals surface area contributed by atoms with Crippen LogP contribution in [0.15, 0.2) is 0 Å². The van der Waals surface area contributed by atoms with Gasteiger partial charge in [-0.15, -0.1) is 0 Å². The second-order valence-corrected chi connectivity index (χ2v) is 22.5. The zero-order valence-corrected chi connectivity index (χ0v) is 17.3. The van der Waals surface area contributed by atoms with Gasteiger partial charge in [-0.05, 0) is 44.3 Å². The average molecular weight is 321 g/mol. The number of hydrogen-bond donors (Lipinski definition) is 1. The minimum absolute atomic E-state index is 0.304. The maximum absolute atomic E-state index is 9.00. The summed E-state index contributed by atoms with van der Waals surface area (Å²) in [5.41, 5.74) is 1.38. The number of aliphatic hydroxyl groups excluding tert-OH is 1. The molecule has 116 valence electrons. The van der Waals surface area contributed by atoms with Crippen LogP contribution in [0.2, 0.25) is 57.0 Å². The Morgan fingerprint density at radius 1 is 0.842 bits per heavy atom. The van der Waals surface area contributed by atoms with E-state index in [-0.39, 0.29) is 0 Å². The van der Waals surface area contributed by atoms with Crippen molar-refractivity contribution in [3.05, 3.63) is 0 Å². The molecule has 2 nitrogen and oxygen atoms in total. The maximum atomic E-state index is 9.00. The third-order valence-corrected chi connectivity index (χ3v) is 18.5. The summed E-state index contributed by atoms with van der Waals surface area (Å²) in [5, 5.41) is 9.00. The van der Waals surface area contributed by atoms with Crippen LogP contribution in [-0.4, -0.2) is 36.4 Å². The lowest BCUT2D eigenvalue weighted by atomic mass is 10.4. The van der Waals surface area contributed by atoms with Crippen molar-refractivity contribution in [2.45, 2.75) is 83.2 Å². The van der Waals surface area contributed by atoms with Gasteiger partial charge in [-0.25, -0.2) is 0 Å². The first-order chi connectivity index (χ1) is 8.54. The van der Waals surface area contributed by atoms with E-state index in [1.165, 1.54) is 24.6 Å². The molecule has 0 atom stereocenters. The molecule has 0 spiro atoms. The van der Waals surface area contributed by atoms with Crippen LogP contribution in [-0.2, 0) is 4.12 Å². The third-order valence-electron chi connectivity index (χ3n) is 3.60. The predicted molar refractivity (Wildman–Crippen MR) is 94.6 cm³/mol. The van der Waals surface area contributed by atoms with Crippen molar-refractivity contribution >= 4 is 24.7 Å². The van der Waals surface area contributed by atoms with E-state index in [2.05, 4.69) is 46.2 Å². The predicted octanol–water partition coefficient (Wildman–Crippen LogP) is 4.84. The molecule has 19 heavy (non-hydrogen) atoms. The van der Waals surface area contributed by atoms with E-state index in [0.29, 0.717) is 6.61 Å². The lowest BCUT2D eigenvalue weighted by molar-refractivity contribution is 0.292. The summed E-state index contributed by atoms with van der Waals surface area (Å²) in [6.07, 6.45) is 3.60. The van der Waals surface area contributed by atoms with Gasteiger partial charge >= 0.3 is 0 Å². The van der Waals surface area contributed by atoms with Crippen molar-refractivity contribution in [1.82, 2.24) is 0 Å². The molecule has 0 aliphatic heterocycles. The fourth-order valence-corrected chi connectivity index (χ4v) is 22.8. The molecule has 0 saturated carbocycles. The highest BCUT2D eigenvalue weighted by Gasteiger charge is 2.37. The fourth-order valence-electron chi connectivity index (χ4n) is 3.24. The lowest BCUT2D eigenvalue weighted by Gasteiger charge is -2.38. The Hall–Kier alpha value is 0.571. The monoisotopic (exact) mass is 320 g/mol. The summed E-state index contributed by atoms with van der Waals surface area (Å²) in [4.78, 5) is 0. The molecule has 0 bridgehead atoms. The van der Waals surface area contributed by atoms with Gasteiger partial charge in [0.05, 0.1) is 0 Å². The zero-order chi connectivity index (χ0) is 15.2. The van der Waals surface area contributed by atoms with Gasteiger partial charge in [0, 0.05) is 14.7 Å². The third kappa shape index (κ3) is 10.0. The van der Waals surface area contributed by atoms with Crippen LogP contribution >= 0.6 is 0 Å². The molecule has 0 unspecified atom stereocenters. The van der Waals surface area contributed by atoms with E-state index in [9.17, 15) is 0 Å². The Bertz CT molecular complexity index is 229. The number of hydrogen-bond acceptors (Lipinski definition) is 2. The van der Waals surface area contributed by atoms with Gasteiger partial charge in [-0.1, -0.05) is 38.9 Å². The largest absolute Gasteiger partial charge is 0.456 e. The highest BCUT2D eigenvalue weighted by atomic mass is 28.4. The van der Waals surface area contributed by atoms with Crippen molar-refractivity contribution < 1.29 is 9.22 Å². The minimum atomic E-state index is -1.57. The Labute approximate surface area is 124 Å². The average Bonchev–Trinajstić information content (AvgIpc) is 2.20. The molecule has 0 rings (SSSR count). The summed E-state index contributed by atoms with van der Waals surface area (Å²) < 4.78 is 6.64. The second kappa shape index (κ2) is 8.12. The van der Waals surface area contributed by atoms with Crippen molar-refractivity contribution in [3.63, 3.8) is 0 Å². The Kier molecular flexibility index (Phi) is 8.36. The minimum Gasteiger partial charge on any atom is -0.456 e. The van der Waals surface area contributed by atoms with E-state index in [1.54, 1.807) is 0 Å². The van der Waals surface area contributed by atoms with Crippen LogP contribution < -0.4 is 0 Å². The van der Waals surface area contributed by atoms with Gasteiger partial charge in [0.15, 0.2) is 16.6 Å². The highest BCUT2D eigenvalue weighted by Crippen LogP contribution is 2.29. The van der Waals surface area contributed by atoms with Crippen molar-refractivity contribution in [1.29, 1.82) is 0 Å². The molecule has 0 fully saturated rings. The molecule has 1 N–H and O–H groups in total. The number of rotatable bonds is 10. The molecule has 0 aliphatic carbocycles. The molecule has 0 saturated heterocycles. The molecule has 0 aliphatic rings. The molecular weight excluding hydrogens is 284 g/mol. The molecule has 0 heterocycles. The van der Waals surface area contributed by atoms with Crippen molar-refractivity contribution in [2.24, 2.45) is 0 Å². The van der Waals surface area contributed by atoms with Crippen LogP contribution in [0.25, 0.3) is 0 Å². The van der Waals surface area contributed by atoms with Crippen LogP contribution in [0.3, 0.4) is 0 Å². The summed E-state index contributed by atoms with van der Waals surface area (Å²) >= 11 is 0. The van der Waals surface area contributed by atoms with E-state index in [1.807, 2.05) is 0 Å². The quantitative estimate of drug-likeness (QED) is 0.583. The second-order valence-electron chi connectivity index (χ2n) is 7.89. The standard InChI is InChI=1S/C14H36O2Si3/c1-8-9-12-17(2,3)14-19(6,7)16-18(4,5)13-10-11-15/h15H,8-14H2,1-7H3. The van der Waals surface area contributed by atoms with Crippen molar-refractivity contribution in [2.75, 3.05) is 6.61 Å². The van der Waals surface area contributed by atoms with E-state index in [0.717, 1.165) is 12.5 Å². The first-order valence-corrected chi connectivity index (χ1v) is 17.5. The smallest absolute Gasteiger partial charge is 0.173 e. The van der Waals surface area contributed by atoms with E-state index >= 15 is 0 Å². The van der Waals surface area contributed by atoms with Crippen LogP contribution in [0.4, 0.5) is 0 Å². The molecule has 0 aromatic heterocycles. The number of aliphatic hydroxyl groups is 1. The summed E-state index contributed by atoms with van der Waals surface area (Å²) in [5.74, 6) is 0. The summed E-state index contributed by atoms with van der Waals surface area (Å²) in [6, 6.07) is 2.54. The summed E-state index contributed by atoms with van der Waals surface area (Å²) in [7, 11) is -4.18. The van der Waals surface area contributed by atoms with Gasteiger partial charge in [0.25, 0.3) is 0 Å². The van der Waals surface area contributed by atoms with Crippen LogP contribution in [0, 0.1) is 0 Å². The Morgan fingerprint density at radius 3 is 1.89 bits per heavy atom. The fraction of sp³-hybridized carbons (Fsp3) is 1.00. The number of unbranched alkanes of at least 4 members (excludes halogenated alkanes) is 1. The highest BCUT2D eigenvalue weighted by molar-refractivity contribution is 6.96. The zero-order valence-electron chi connectivity index (χ0n) is 14.3. The molecular formula is C14H36O2Si3. The normalized spacial score (nSPS) is 13.9. The van der Waals surface area contributed by atoms with Gasteiger partial charge in [-0.2, -0.15) is 0 Å². The topological polar surface area (TPSA) is 29.5 Å². The van der Waals surface area contributed by atoms with Crippen molar-refractivity contribution in [3.8, 4) is 0 Å². The first-order valence-electron chi connectivity index (χ1n) is 7.85. The van der Waals surface area contributed by atoms with Crippen LogP contribution in [0.1, 0.15) is 26.2 Å². The van der Waals surface area contributed by atoms with Gasteiger partial charge < -0.3 is 9.22 Å². The summed E-state index contributed by atoms with van der Waals surface area (Å²) in [6.45, 7) is 17.1. The lowest BCUT2D eigenvalue weighted by Crippen LogP contribution is -2.49. The Balaban J connectivity index is 4.44. The molecule has 0 aromatic rings. The molecule has 5 heteroatoms. The first kappa shape index (κ1) is 19.6. The van der Waals surface area contributed by atoms with Crippen LogP contribution in [0.5, 0.6) is 0 Å². The maximum Gasteiger partial charge on any atom is 0.173 e. The SMILES string of the molecule is CCCC[Si](C)(C)C[Si](C)(C)O[Si](C)(C)CCCO. The van der Waals surface area contributed by atoms with Gasteiger partial charge in [0.1, 0.15) is 0 Å².